The number of nitrogens with two attached hydrogens (primary N) is 1. The van der Waals surface area contributed by atoms with E-state index < -0.39 is 11.6 Å². The Labute approximate surface area is 138 Å². The predicted molar refractivity (Wildman–Crippen MR) is 92.7 cm³/mol. The molecule has 6 N–H and O–H groups in total. The fourth-order valence-corrected chi connectivity index (χ4v) is 2.49. The molecule has 0 aliphatic rings. The monoisotopic (exact) mass is 327 g/mol. The minimum Gasteiger partial charge on any atom is -0.505 e. The highest BCUT2D eigenvalue weighted by molar-refractivity contribution is 5.83. The Bertz CT molecular complexity index is 903. The Balaban J connectivity index is 1.77. The van der Waals surface area contributed by atoms with Crippen LogP contribution in [0.25, 0.3) is 16.6 Å². The van der Waals surface area contributed by atoms with Crippen LogP contribution in [0.4, 0.5) is 10.1 Å². The molecule has 0 amide bonds. The van der Waals surface area contributed by atoms with Crippen LogP contribution in [0.15, 0.2) is 42.6 Å². The summed E-state index contributed by atoms with van der Waals surface area (Å²) in [7, 11) is 0. The number of phenols is 1. The Morgan fingerprint density at radius 1 is 1.38 bits per heavy atom. The number of benzene rings is 2. The molecule has 1 heterocycles. The number of aromatic nitrogens is 2. The maximum Gasteiger partial charge on any atom is 0.165 e. The Kier molecular flexibility index (Phi) is 4.35. The van der Waals surface area contributed by atoms with Gasteiger partial charge in [0.05, 0.1) is 17.4 Å². The van der Waals surface area contributed by atoms with Crippen molar-refractivity contribution in [1.29, 1.82) is 0 Å². The lowest BCUT2D eigenvalue weighted by Crippen LogP contribution is -2.21. The molecule has 1 aromatic heterocycles. The van der Waals surface area contributed by atoms with Crippen LogP contribution in [0, 0.1) is 12.7 Å². The molecule has 3 rings (SSSR count). The van der Waals surface area contributed by atoms with Gasteiger partial charge in [-0.15, -0.1) is 0 Å². The summed E-state index contributed by atoms with van der Waals surface area (Å²) in [6, 6.07) is 8.14. The minimum atomic E-state index is -0.692. The fraction of sp³-hybridized carbons (Fsp3) is 0.118. The van der Waals surface area contributed by atoms with Crippen LogP contribution >= 0.6 is 0 Å². The van der Waals surface area contributed by atoms with Crippen molar-refractivity contribution in [3.05, 3.63) is 59.5 Å². The maximum absolute atomic E-state index is 13.5. The summed E-state index contributed by atoms with van der Waals surface area (Å²) in [5.41, 5.74) is 6.71. The van der Waals surface area contributed by atoms with Crippen LogP contribution in [0.1, 0.15) is 11.1 Å². The molecule has 0 aliphatic carbocycles. The van der Waals surface area contributed by atoms with Crippen molar-refractivity contribution in [2.75, 3.05) is 11.9 Å². The minimum absolute atomic E-state index is 0.391. The van der Waals surface area contributed by atoms with Crippen molar-refractivity contribution in [2.45, 2.75) is 6.92 Å². The number of phenolic OH excluding ortho intramolecular Hbond substituents is 1. The Morgan fingerprint density at radius 2 is 2.21 bits per heavy atom. The number of H-pyrrole nitrogens is 1. The zero-order valence-electron chi connectivity index (χ0n) is 13.1. The van der Waals surface area contributed by atoms with Crippen LogP contribution < -0.4 is 16.6 Å². The molecule has 0 saturated heterocycles. The smallest absolute Gasteiger partial charge is 0.165 e. The SMILES string of the molecule is Cc1cc2[nH]ncc2cc1NC/C=C(\NN)c1ccc(O)c(F)c1. The van der Waals surface area contributed by atoms with E-state index in [2.05, 4.69) is 20.9 Å². The number of hydrogen-bond acceptors (Lipinski definition) is 5. The molecular weight excluding hydrogens is 309 g/mol. The largest absolute Gasteiger partial charge is 0.505 e. The molecule has 124 valence electrons. The van der Waals surface area contributed by atoms with Gasteiger partial charge in [0.25, 0.3) is 0 Å². The number of fused-ring (bicyclic) bond motifs is 1. The standard InChI is InChI=1S/C17H18FN5O/c1-10-6-16-12(9-21-23-16)8-15(10)20-5-4-14(22-19)11-2-3-17(24)13(18)7-11/h2-4,6-9,20,22,24H,5,19H2,1H3,(H,21,23)/b14-4-. The number of hydrazine groups is 1. The van der Waals surface area contributed by atoms with Gasteiger partial charge in [-0.2, -0.15) is 5.10 Å². The van der Waals surface area contributed by atoms with Gasteiger partial charge in [-0.3, -0.25) is 10.9 Å². The number of halogens is 1. The molecule has 3 aromatic rings. The van der Waals surface area contributed by atoms with Crippen LogP contribution in [-0.4, -0.2) is 21.8 Å². The lowest BCUT2D eigenvalue weighted by atomic mass is 10.1. The number of rotatable bonds is 5. The second-order valence-electron chi connectivity index (χ2n) is 5.43. The summed E-state index contributed by atoms with van der Waals surface area (Å²) in [6.45, 7) is 2.50. The van der Waals surface area contributed by atoms with Gasteiger partial charge < -0.3 is 15.8 Å². The van der Waals surface area contributed by atoms with Crippen LogP contribution in [0.2, 0.25) is 0 Å². The summed E-state index contributed by atoms with van der Waals surface area (Å²) >= 11 is 0. The van der Waals surface area contributed by atoms with E-state index in [0.717, 1.165) is 22.2 Å². The summed E-state index contributed by atoms with van der Waals surface area (Å²) in [6.07, 6.45) is 3.58. The van der Waals surface area contributed by atoms with E-state index in [1.807, 2.05) is 25.1 Å². The van der Waals surface area contributed by atoms with Gasteiger partial charge >= 0.3 is 0 Å². The molecular formula is C17H18FN5O. The first kappa shape index (κ1) is 15.8. The molecule has 2 aromatic carbocycles. The Hall–Kier alpha value is -3.06. The van der Waals surface area contributed by atoms with Crippen molar-refractivity contribution in [2.24, 2.45) is 5.84 Å². The highest BCUT2D eigenvalue weighted by atomic mass is 19.1. The third-order valence-corrected chi connectivity index (χ3v) is 3.80. The number of aryl methyl sites for hydroxylation is 1. The number of aromatic hydroxyl groups is 1. The predicted octanol–water partition coefficient (Wildman–Crippen LogP) is 2.63. The number of anilines is 1. The van der Waals surface area contributed by atoms with E-state index in [0.29, 0.717) is 17.8 Å². The third-order valence-electron chi connectivity index (χ3n) is 3.80. The summed E-state index contributed by atoms with van der Waals surface area (Å²) in [5.74, 6) is 4.44. The van der Waals surface area contributed by atoms with E-state index >= 15 is 0 Å². The quantitative estimate of drug-likeness (QED) is 0.366. The van der Waals surface area contributed by atoms with Gasteiger partial charge in [-0.25, -0.2) is 4.39 Å². The molecule has 0 fully saturated rings. The maximum atomic E-state index is 13.5. The lowest BCUT2D eigenvalue weighted by molar-refractivity contribution is 0.432. The summed E-state index contributed by atoms with van der Waals surface area (Å²) in [4.78, 5) is 0. The molecule has 0 aliphatic heterocycles. The number of nitrogens with one attached hydrogen (secondary N) is 3. The molecule has 0 radical (unpaired) electrons. The zero-order chi connectivity index (χ0) is 17.1. The molecule has 6 nitrogen and oxygen atoms in total. The average Bonchev–Trinajstić information content (AvgIpc) is 3.01. The fourth-order valence-electron chi connectivity index (χ4n) is 2.49. The molecule has 0 saturated carbocycles. The van der Waals surface area contributed by atoms with Gasteiger partial charge in [0.1, 0.15) is 0 Å². The van der Waals surface area contributed by atoms with Gasteiger partial charge in [0, 0.05) is 23.2 Å². The molecule has 0 spiro atoms. The molecule has 7 heteroatoms. The normalized spacial score (nSPS) is 11.7. The number of hydrogen-bond donors (Lipinski definition) is 5. The van der Waals surface area contributed by atoms with Gasteiger partial charge in [0.15, 0.2) is 11.6 Å². The molecule has 0 unspecified atom stereocenters. The summed E-state index contributed by atoms with van der Waals surface area (Å²) in [5, 5.41) is 20.5. The lowest BCUT2D eigenvalue weighted by Gasteiger charge is -2.11. The molecule has 24 heavy (non-hydrogen) atoms. The highest BCUT2D eigenvalue weighted by Gasteiger charge is 2.06. The van der Waals surface area contributed by atoms with E-state index in [1.165, 1.54) is 12.1 Å². The highest BCUT2D eigenvalue weighted by Crippen LogP contribution is 2.23. The van der Waals surface area contributed by atoms with Crippen molar-refractivity contribution >= 4 is 22.3 Å². The van der Waals surface area contributed by atoms with E-state index in [-0.39, 0.29) is 0 Å². The van der Waals surface area contributed by atoms with Gasteiger partial charge in [0.2, 0.25) is 0 Å². The first-order chi connectivity index (χ1) is 11.6. The summed E-state index contributed by atoms with van der Waals surface area (Å²) < 4.78 is 13.5. The van der Waals surface area contributed by atoms with Crippen molar-refractivity contribution in [3.63, 3.8) is 0 Å². The molecule has 0 bridgehead atoms. The number of nitrogens with zero attached hydrogens (tertiary/aromatic N) is 1. The van der Waals surface area contributed by atoms with Crippen LogP contribution in [-0.2, 0) is 0 Å². The van der Waals surface area contributed by atoms with Gasteiger partial charge in [-0.05, 0) is 48.9 Å². The van der Waals surface area contributed by atoms with Crippen molar-refractivity contribution < 1.29 is 9.50 Å². The number of aromatic amines is 1. The third kappa shape index (κ3) is 3.16. The Morgan fingerprint density at radius 3 is 2.96 bits per heavy atom. The van der Waals surface area contributed by atoms with E-state index in [4.69, 9.17) is 5.84 Å². The first-order valence-electron chi connectivity index (χ1n) is 7.41. The first-order valence-corrected chi connectivity index (χ1v) is 7.41. The zero-order valence-corrected chi connectivity index (χ0v) is 13.1. The average molecular weight is 327 g/mol. The van der Waals surface area contributed by atoms with Crippen molar-refractivity contribution in [1.82, 2.24) is 15.6 Å². The van der Waals surface area contributed by atoms with Crippen LogP contribution in [0.5, 0.6) is 5.75 Å². The van der Waals surface area contributed by atoms with Crippen LogP contribution in [0.3, 0.4) is 0 Å². The molecule has 0 atom stereocenters. The van der Waals surface area contributed by atoms with E-state index in [9.17, 15) is 9.50 Å². The van der Waals surface area contributed by atoms with Crippen molar-refractivity contribution in [3.8, 4) is 5.75 Å². The second kappa shape index (κ2) is 6.59. The topological polar surface area (TPSA) is 99.0 Å². The second-order valence-corrected chi connectivity index (χ2v) is 5.43. The van der Waals surface area contributed by atoms with Gasteiger partial charge in [-0.1, -0.05) is 0 Å². The van der Waals surface area contributed by atoms with E-state index in [1.54, 1.807) is 12.3 Å².